The molecule has 9 heteroatoms. The number of carbonyl (C=O) groups is 1. The molecule has 1 unspecified atom stereocenters. The molecule has 0 saturated carbocycles. The topological polar surface area (TPSA) is 88.0 Å². The fraction of sp³-hybridized carbons (Fsp3) is 0.300. The molecule has 0 spiro atoms. The van der Waals surface area contributed by atoms with E-state index in [-0.39, 0.29) is 17.8 Å². The van der Waals surface area contributed by atoms with Crippen molar-refractivity contribution in [3.05, 3.63) is 59.3 Å². The van der Waals surface area contributed by atoms with Crippen molar-refractivity contribution in [2.24, 2.45) is 0 Å². The zero-order chi connectivity index (χ0) is 20.5. The van der Waals surface area contributed by atoms with Gasteiger partial charge in [0, 0.05) is 25.4 Å². The molecule has 0 aliphatic carbocycles. The van der Waals surface area contributed by atoms with Gasteiger partial charge in [-0.2, -0.15) is 10.1 Å². The van der Waals surface area contributed by atoms with Crippen LogP contribution in [0, 0.1) is 12.7 Å². The molecule has 2 N–H and O–H groups in total. The Kier molecular flexibility index (Phi) is 4.87. The van der Waals surface area contributed by atoms with Crippen LogP contribution in [-0.2, 0) is 17.9 Å². The largest absolute Gasteiger partial charge is 0.350 e. The summed E-state index contributed by atoms with van der Waals surface area (Å²) < 4.78 is 14.8. The van der Waals surface area contributed by atoms with Gasteiger partial charge in [0.2, 0.25) is 11.9 Å². The van der Waals surface area contributed by atoms with Crippen LogP contribution in [0.2, 0.25) is 0 Å². The summed E-state index contributed by atoms with van der Waals surface area (Å²) in [4.78, 5) is 22.9. The summed E-state index contributed by atoms with van der Waals surface area (Å²) in [7, 11) is 1.85. The lowest BCUT2D eigenvalue weighted by molar-refractivity contribution is -0.117. The third kappa shape index (κ3) is 3.89. The maximum absolute atomic E-state index is 13.0. The Morgan fingerprint density at radius 3 is 2.72 bits per heavy atom. The number of halogens is 1. The molecule has 0 bridgehead atoms. The molecule has 1 amide bonds. The Bertz CT molecular complexity index is 1050. The summed E-state index contributed by atoms with van der Waals surface area (Å²) in [6.07, 6.45) is 3.70. The molecule has 0 fully saturated rings. The van der Waals surface area contributed by atoms with Crippen molar-refractivity contribution < 1.29 is 9.18 Å². The molecule has 150 valence electrons. The molecule has 1 aromatic carbocycles. The SMILES string of the molecule is Cc1nc(NCc2cnn(Cc3ccc(F)cc3)c2)nc2c1NC(=O)C(C)N2C. The summed E-state index contributed by atoms with van der Waals surface area (Å²) in [5.74, 6) is 0.863. The predicted octanol–water partition coefficient (Wildman–Crippen LogP) is 2.56. The molecule has 29 heavy (non-hydrogen) atoms. The number of hydrogen-bond donors (Lipinski definition) is 2. The Morgan fingerprint density at radius 1 is 1.21 bits per heavy atom. The smallest absolute Gasteiger partial charge is 0.246 e. The van der Waals surface area contributed by atoms with Gasteiger partial charge in [0.05, 0.1) is 18.4 Å². The van der Waals surface area contributed by atoms with Crippen molar-refractivity contribution in [3.63, 3.8) is 0 Å². The van der Waals surface area contributed by atoms with Gasteiger partial charge in [-0.15, -0.1) is 0 Å². The number of benzene rings is 1. The summed E-state index contributed by atoms with van der Waals surface area (Å²) in [6, 6.07) is 6.08. The Labute approximate surface area is 167 Å². The lowest BCUT2D eigenvalue weighted by Crippen LogP contribution is -2.44. The highest BCUT2D eigenvalue weighted by atomic mass is 19.1. The van der Waals surface area contributed by atoms with Gasteiger partial charge in [0.25, 0.3) is 0 Å². The third-order valence-electron chi connectivity index (χ3n) is 5.01. The molecule has 1 atom stereocenters. The Balaban J connectivity index is 1.45. The van der Waals surface area contributed by atoms with Gasteiger partial charge in [0.1, 0.15) is 17.5 Å². The quantitative estimate of drug-likeness (QED) is 0.690. The van der Waals surface area contributed by atoms with E-state index in [2.05, 4.69) is 25.7 Å². The van der Waals surface area contributed by atoms with Crippen LogP contribution in [0.1, 0.15) is 23.7 Å². The van der Waals surface area contributed by atoms with E-state index < -0.39 is 0 Å². The average molecular weight is 395 g/mol. The first-order valence-corrected chi connectivity index (χ1v) is 9.32. The maximum Gasteiger partial charge on any atom is 0.246 e. The highest BCUT2D eigenvalue weighted by Crippen LogP contribution is 2.32. The first-order valence-electron chi connectivity index (χ1n) is 9.32. The van der Waals surface area contributed by atoms with E-state index in [1.165, 1.54) is 12.1 Å². The average Bonchev–Trinajstić information content (AvgIpc) is 3.15. The number of nitrogens with zero attached hydrogens (tertiary/aromatic N) is 5. The van der Waals surface area contributed by atoms with Gasteiger partial charge in [-0.3, -0.25) is 9.48 Å². The van der Waals surface area contributed by atoms with Crippen LogP contribution < -0.4 is 15.5 Å². The van der Waals surface area contributed by atoms with Crippen LogP contribution in [-0.4, -0.2) is 38.7 Å². The number of hydrogen-bond acceptors (Lipinski definition) is 6. The van der Waals surface area contributed by atoms with E-state index in [1.807, 2.05) is 32.0 Å². The molecule has 8 nitrogen and oxygen atoms in total. The molecule has 1 aliphatic heterocycles. The van der Waals surface area contributed by atoms with Gasteiger partial charge in [0.15, 0.2) is 5.82 Å². The first-order chi connectivity index (χ1) is 13.9. The number of amides is 1. The van der Waals surface area contributed by atoms with Gasteiger partial charge >= 0.3 is 0 Å². The van der Waals surface area contributed by atoms with Crippen LogP contribution in [0.5, 0.6) is 0 Å². The Hall–Kier alpha value is -3.49. The number of likely N-dealkylation sites (N-methyl/N-ethyl adjacent to an activating group) is 1. The van der Waals surface area contributed by atoms with Gasteiger partial charge in [-0.05, 0) is 31.5 Å². The van der Waals surface area contributed by atoms with Crippen molar-refractivity contribution in [1.82, 2.24) is 19.7 Å². The third-order valence-corrected chi connectivity index (χ3v) is 5.01. The zero-order valence-electron chi connectivity index (χ0n) is 16.5. The van der Waals surface area contributed by atoms with Crippen LogP contribution in [0.4, 0.5) is 21.8 Å². The molecule has 2 aromatic heterocycles. The first kappa shape index (κ1) is 18.9. The number of rotatable bonds is 5. The minimum absolute atomic E-state index is 0.0685. The van der Waals surface area contributed by atoms with Crippen LogP contribution >= 0.6 is 0 Å². The normalized spacial score (nSPS) is 15.8. The monoisotopic (exact) mass is 395 g/mol. The highest BCUT2D eigenvalue weighted by Gasteiger charge is 2.30. The zero-order valence-corrected chi connectivity index (χ0v) is 16.5. The molecule has 4 rings (SSSR count). The highest BCUT2D eigenvalue weighted by molar-refractivity contribution is 6.03. The van der Waals surface area contributed by atoms with Crippen LogP contribution in [0.25, 0.3) is 0 Å². The van der Waals surface area contributed by atoms with E-state index in [4.69, 9.17) is 0 Å². The van der Waals surface area contributed by atoms with Crippen molar-refractivity contribution in [1.29, 1.82) is 0 Å². The van der Waals surface area contributed by atoms with Gasteiger partial charge in [-0.25, -0.2) is 9.37 Å². The number of nitrogens with one attached hydrogen (secondary N) is 2. The standard InChI is InChI=1S/C20H22FN7O/c1-12-17-18(27(3)13(2)19(29)25-17)26-20(24-12)22-8-15-9-23-28(11-15)10-14-4-6-16(21)7-5-14/h4-7,9,11,13H,8,10H2,1-3H3,(H,25,29)(H,22,24,26). The number of fused-ring (bicyclic) bond motifs is 1. The molecule has 1 aliphatic rings. The molecule has 0 saturated heterocycles. The van der Waals surface area contributed by atoms with E-state index in [0.717, 1.165) is 11.1 Å². The fourth-order valence-electron chi connectivity index (χ4n) is 3.17. The maximum atomic E-state index is 13.0. The van der Waals surface area contributed by atoms with E-state index >= 15 is 0 Å². The van der Waals surface area contributed by atoms with E-state index in [9.17, 15) is 9.18 Å². The van der Waals surface area contributed by atoms with Crippen molar-refractivity contribution in [2.75, 3.05) is 22.6 Å². The lowest BCUT2D eigenvalue weighted by atomic mass is 10.2. The minimum atomic E-state index is -0.297. The summed E-state index contributed by atoms with van der Waals surface area (Å²) >= 11 is 0. The summed E-state index contributed by atoms with van der Waals surface area (Å²) in [5, 5.41) is 10.4. The molecule has 3 heterocycles. The summed E-state index contributed by atoms with van der Waals surface area (Å²) in [6.45, 7) is 4.75. The second-order valence-corrected chi connectivity index (χ2v) is 7.13. The molecule has 3 aromatic rings. The summed E-state index contributed by atoms with van der Waals surface area (Å²) in [5.41, 5.74) is 3.30. The molecular formula is C20H22FN7O. The molecule has 0 radical (unpaired) electrons. The van der Waals surface area contributed by atoms with Crippen molar-refractivity contribution >= 4 is 23.4 Å². The number of anilines is 3. The number of aromatic nitrogens is 4. The van der Waals surface area contributed by atoms with Gasteiger partial charge < -0.3 is 15.5 Å². The van der Waals surface area contributed by atoms with Crippen LogP contribution in [0.3, 0.4) is 0 Å². The van der Waals surface area contributed by atoms with Crippen molar-refractivity contribution in [3.8, 4) is 0 Å². The second-order valence-electron chi connectivity index (χ2n) is 7.13. The van der Waals surface area contributed by atoms with E-state index in [0.29, 0.717) is 36.2 Å². The fourth-order valence-corrected chi connectivity index (χ4v) is 3.17. The van der Waals surface area contributed by atoms with Gasteiger partial charge in [-0.1, -0.05) is 12.1 Å². The number of carbonyl (C=O) groups excluding carboxylic acids is 1. The van der Waals surface area contributed by atoms with Crippen LogP contribution in [0.15, 0.2) is 36.7 Å². The minimum Gasteiger partial charge on any atom is -0.350 e. The second kappa shape index (κ2) is 7.50. The lowest BCUT2D eigenvalue weighted by Gasteiger charge is -2.32. The van der Waals surface area contributed by atoms with E-state index in [1.54, 1.807) is 23.0 Å². The molecular weight excluding hydrogens is 373 g/mol. The number of aryl methyl sites for hydroxylation is 1. The predicted molar refractivity (Wildman–Crippen MR) is 108 cm³/mol. The van der Waals surface area contributed by atoms with Crippen molar-refractivity contribution in [2.45, 2.75) is 33.0 Å². The Morgan fingerprint density at radius 2 is 1.97 bits per heavy atom.